The molecule has 5 nitrogen and oxygen atoms in total. The van der Waals surface area contributed by atoms with E-state index in [0.717, 1.165) is 10.4 Å². The van der Waals surface area contributed by atoms with Crippen molar-refractivity contribution in [2.45, 2.75) is 13.1 Å². The van der Waals surface area contributed by atoms with Gasteiger partial charge in [-0.3, -0.25) is 4.79 Å². The molecule has 3 N–H and O–H groups in total. The Morgan fingerprint density at radius 3 is 2.57 bits per heavy atom. The summed E-state index contributed by atoms with van der Waals surface area (Å²) in [5, 5.41) is 5.09. The van der Waals surface area contributed by atoms with Gasteiger partial charge in [0.15, 0.2) is 11.5 Å². The van der Waals surface area contributed by atoms with Crippen molar-refractivity contribution in [2.24, 2.45) is 5.73 Å². The van der Waals surface area contributed by atoms with Crippen LogP contribution in [0.25, 0.3) is 0 Å². The van der Waals surface area contributed by atoms with Crippen molar-refractivity contribution < 1.29 is 14.3 Å². The second-order valence-corrected chi connectivity index (χ2v) is 5.45. The number of methoxy groups -OCH3 is 2. The Kier molecular flexibility index (Phi) is 5.19. The Bertz CT molecular complexity index is 625. The summed E-state index contributed by atoms with van der Waals surface area (Å²) < 4.78 is 10.5. The van der Waals surface area contributed by atoms with Crippen LogP contribution in [0.4, 0.5) is 0 Å². The minimum absolute atomic E-state index is 0.391. The molecule has 6 heteroatoms. The molecule has 0 aliphatic carbocycles. The summed E-state index contributed by atoms with van der Waals surface area (Å²) in [4.78, 5) is 12.1. The quantitative estimate of drug-likeness (QED) is 0.822. The standard InChI is InChI=1S/C15H18N2O3S/c1-19-13-4-3-10(5-14(13)20-2)7-17-8-12-6-11(9-21-12)15(16)18/h3-6,9,17H,7-8H2,1-2H3,(H2,16,18). The fourth-order valence-electron chi connectivity index (χ4n) is 1.92. The maximum absolute atomic E-state index is 11.0. The van der Waals surface area contributed by atoms with Gasteiger partial charge in [-0.15, -0.1) is 11.3 Å². The summed E-state index contributed by atoms with van der Waals surface area (Å²) >= 11 is 1.52. The predicted octanol–water partition coefficient (Wildman–Crippen LogP) is 2.15. The van der Waals surface area contributed by atoms with Gasteiger partial charge in [-0.05, 0) is 23.8 Å². The average molecular weight is 306 g/mol. The van der Waals surface area contributed by atoms with Gasteiger partial charge in [-0.1, -0.05) is 6.07 Å². The van der Waals surface area contributed by atoms with Gasteiger partial charge in [0.05, 0.1) is 19.8 Å². The Morgan fingerprint density at radius 2 is 1.95 bits per heavy atom. The van der Waals surface area contributed by atoms with Gasteiger partial charge < -0.3 is 20.5 Å². The zero-order chi connectivity index (χ0) is 15.2. The molecule has 0 aliphatic rings. The number of ether oxygens (including phenoxy) is 2. The second kappa shape index (κ2) is 7.10. The van der Waals surface area contributed by atoms with Gasteiger partial charge in [0.1, 0.15) is 0 Å². The first-order valence-electron chi connectivity index (χ1n) is 6.43. The maximum atomic E-state index is 11.0. The van der Waals surface area contributed by atoms with Crippen molar-refractivity contribution in [3.8, 4) is 11.5 Å². The molecule has 1 amide bonds. The SMILES string of the molecule is COc1ccc(CNCc2cc(C(N)=O)cs2)cc1OC. The number of carbonyl (C=O) groups excluding carboxylic acids is 1. The van der Waals surface area contributed by atoms with E-state index in [-0.39, 0.29) is 0 Å². The van der Waals surface area contributed by atoms with E-state index in [1.54, 1.807) is 19.6 Å². The lowest BCUT2D eigenvalue weighted by Gasteiger charge is -2.10. The largest absolute Gasteiger partial charge is 0.493 e. The fourth-order valence-corrected chi connectivity index (χ4v) is 2.77. The minimum atomic E-state index is -0.391. The molecule has 0 aliphatic heterocycles. The van der Waals surface area contributed by atoms with Crippen LogP contribution >= 0.6 is 11.3 Å². The fraction of sp³-hybridized carbons (Fsp3) is 0.267. The molecule has 0 saturated carbocycles. The number of thiophene rings is 1. The molecule has 0 radical (unpaired) electrons. The molecule has 0 atom stereocenters. The number of carbonyl (C=O) groups is 1. The normalized spacial score (nSPS) is 10.4. The highest BCUT2D eigenvalue weighted by Gasteiger charge is 2.06. The number of rotatable bonds is 7. The number of benzene rings is 1. The van der Waals surface area contributed by atoms with E-state index < -0.39 is 5.91 Å². The lowest BCUT2D eigenvalue weighted by Crippen LogP contribution is -2.12. The van der Waals surface area contributed by atoms with Gasteiger partial charge >= 0.3 is 0 Å². The molecule has 1 heterocycles. The van der Waals surface area contributed by atoms with Crippen LogP contribution in [0.3, 0.4) is 0 Å². The van der Waals surface area contributed by atoms with Gasteiger partial charge in [0.25, 0.3) is 0 Å². The number of nitrogens with two attached hydrogens (primary N) is 1. The molecule has 0 fully saturated rings. The Labute approximate surface area is 127 Å². The first-order valence-corrected chi connectivity index (χ1v) is 7.31. The molecule has 21 heavy (non-hydrogen) atoms. The topological polar surface area (TPSA) is 73.6 Å². The molecule has 112 valence electrons. The van der Waals surface area contributed by atoms with Crippen molar-refractivity contribution in [1.82, 2.24) is 5.32 Å². The Hall–Kier alpha value is -2.05. The summed E-state index contributed by atoms with van der Waals surface area (Å²) in [7, 11) is 3.23. The van der Waals surface area contributed by atoms with E-state index in [9.17, 15) is 4.79 Å². The molecular weight excluding hydrogens is 288 g/mol. The van der Waals surface area contributed by atoms with Crippen molar-refractivity contribution in [3.63, 3.8) is 0 Å². The van der Waals surface area contributed by atoms with E-state index in [1.807, 2.05) is 24.3 Å². The van der Waals surface area contributed by atoms with Crippen molar-refractivity contribution in [1.29, 1.82) is 0 Å². The molecule has 0 unspecified atom stereocenters. The molecule has 0 spiro atoms. The lowest BCUT2D eigenvalue weighted by molar-refractivity contribution is 0.100. The monoisotopic (exact) mass is 306 g/mol. The first kappa shape index (κ1) is 15.3. The third-order valence-corrected chi connectivity index (χ3v) is 3.95. The van der Waals surface area contributed by atoms with Crippen LogP contribution in [0.5, 0.6) is 11.5 Å². The van der Waals surface area contributed by atoms with E-state index in [4.69, 9.17) is 15.2 Å². The average Bonchev–Trinajstić information content (AvgIpc) is 2.96. The number of primary amides is 1. The van der Waals surface area contributed by atoms with Crippen LogP contribution < -0.4 is 20.5 Å². The van der Waals surface area contributed by atoms with E-state index in [0.29, 0.717) is 30.2 Å². The molecular formula is C15H18N2O3S. The zero-order valence-electron chi connectivity index (χ0n) is 12.0. The van der Waals surface area contributed by atoms with Crippen LogP contribution in [0.15, 0.2) is 29.6 Å². The number of hydrogen-bond donors (Lipinski definition) is 2. The highest BCUT2D eigenvalue weighted by Crippen LogP contribution is 2.27. The summed E-state index contributed by atoms with van der Waals surface area (Å²) in [5.41, 5.74) is 6.88. The number of hydrogen-bond acceptors (Lipinski definition) is 5. The van der Waals surface area contributed by atoms with Gasteiger partial charge in [0.2, 0.25) is 5.91 Å². The third kappa shape index (κ3) is 3.96. The molecule has 0 saturated heterocycles. The van der Waals surface area contributed by atoms with Crippen molar-refractivity contribution in [3.05, 3.63) is 45.6 Å². The second-order valence-electron chi connectivity index (χ2n) is 4.46. The molecule has 1 aromatic carbocycles. The summed E-state index contributed by atoms with van der Waals surface area (Å²) in [6, 6.07) is 7.62. The number of amides is 1. The Balaban J connectivity index is 1.92. The minimum Gasteiger partial charge on any atom is -0.493 e. The smallest absolute Gasteiger partial charge is 0.249 e. The summed E-state index contributed by atoms with van der Waals surface area (Å²) in [6.07, 6.45) is 0. The Morgan fingerprint density at radius 1 is 1.19 bits per heavy atom. The highest BCUT2D eigenvalue weighted by molar-refractivity contribution is 7.10. The molecule has 1 aromatic heterocycles. The highest BCUT2D eigenvalue weighted by atomic mass is 32.1. The van der Waals surface area contributed by atoms with Crippen LogP contribution in [0, 0.1) is 0 Å². The number of nitrogens with one attached hydrogen (secondary N) is 1. The van der Waals surface area contributed by atoms with Crippen LogP contribution in [0.2, 0.25) is 0 Å². The zero-order valence-corrected chi connectivity index (χ0v) is 12.8. The lowest BCUT2D eigenvalue weighted by atomic mass is 10.2. The van der Waals surface area contributed by atoms with Crippen LogP contribution in [0.1, 0.15) is 20.8 Å². The third-order valence-electron chi connectivity index (χ3n) is 3.01. The maximum Gasteiger partial charge on any atom is 0.249 e. The van der Waals surface area contributed by atoms with Gasteiger partial charge in [-0.25, -0.2) is 0 Å². The molecule has 0 bridgehead atoms. The molecule has 2 aromatic rings. The summed E-state index contributed by atoms with van der Waals surface area (Å²) in [6.45, 7) is 1.39. The summed E-state index contributed by atoms with van der Waals surface area (Å²) in [5.74, 6) is 1.03. The van der Waals surface area contributed by atoms with Crippen molar-refractivity contribution in [2.75, 3.05) is 14.2 Å². The molecule has 2 rings (SSSR count). The van der Waals surface area contributed by atoms with Crippen LogP contribution in [-0.2, 0) is 13.1 Å². The van der Waals surface area contributed by atoms with Gasteiger partial charge in [-0.2, -0.15) is 0 Å². The van der Waals surface area contributed by atoms with Crippen molar-refractivity contribution >= 4 is 17.2 Å². The van der Waals surface area contributed by atoms with Gasteiger partial charge in [0, 0.05) is 23.3 Å². The van der Waals surface area contributed by atoms with E-state index in [1.165, 1.54) is 11.3 Å². The van der Waals surface area contributed by atoms with E-state index >= 15 is 0 Å². The first-order chi connectivity index (χ1) is 10.1. The van der Waals surface area contributed by atoms with E-state index in [2.05, 4.69) is 5.32 Å². The predicted molar refractivity (Wildman–Crippen MR) is 82.9 cm³/mol. The van der Waals surface area contributed by atoms with Crippen LogP contribution in [-0.4, -0.2) is 20.1 Å².